The highest BCUT2D eigenvalue weighted by molar-refractivity contribution is 6.30. The summed E-state index contributed by atoms with van der Waals surface area (Å²) in [6, 6.07) is 7.20. The number of amides is 1. The zero-order valence-corrected chi connectivity index (χ0v) is 14.8. The maximum Gasteiger partial charge on any atom is 0.249 e. The van der Waals surface area contributed by atoms with Crippen LogP contribution in [0.1, 0.15) is 51.5 Å². The largest absolute Gasteiger partial charge is 0.337 e. The number of hydrogen-bond acceptors (Lipinski definition) is 4. The van der Waals surface area contributed by atoms with Crippen LogP contribution >= 0.6 is 11.6 Å². The molecule has 5 nitrogen and oxygen atoms in total. The summed E-state index contributed by atoms with van der Waals surface area (Å²) in [6.45, 7) is 4.87. The molecule has 1 amide bonds. The molecular formula is C18H22ClN3O2. The summed E-state index contributed by atoms with van der Waals surface area (Å²) in [5, 5.41) is 4.75. The molecule has 24 heavy (non-hydrogen) atoms. The molecule has 0 radical (unpaired) electrons. The van der Waals surface area contributed by atoms with Crippen molar-refractivity contribution in [1.29, 1.82) is 0 Å². The van der Waals surface area contributed by atoms with Crippen LogP contribution in [-0.4, -0.2) is 27.5 Å². The van der Waals surface area contributed by atoms with Crippen molar-refractivity contribution >= 4 is 17.5 Å². The zero-order valence-electron chi connectivity index (χ0n) is 14.0. The van der Waals surface area contributed by atoms with Crippen molar-refractivity contribution in [3.05, 3.63) is 35.2 Å². The number of hydrogen-bond donors (Lipinski definition) is 0. The normalized spacial score (nSPS) is 18.2. The number of halogens is 1. The molecule has 1 atom stereocenters. The highest BCUT2D eigenvalue weighted by Crippen LogP contribution is 2.32. The molecule has 2 heterocycles. The lowest BCUT2D eigenvalue weighted by Crippen LogP contribution is -2.39. The molecule has 1 unspecified atom stereocenters. The average Bonchev–Trinajstić information content (AvgIpc) is 3.05. The number of rotatable bonds is 4. The molecule has 0 bridgehead atoms. The summed E-state index contributed by atoms with van der Waals surface area (Å²) in [7, 11) is 0. The quantitative estimate of drug-likeness (QED) is 0.817. The lowest BCUT2D eigenvalue weighted by Gasteiger charge is -2.33. The van der Waals surface area contributed by atoms with Gasteiger partial charge in [-0.2, -0.15) is 4.98 Å². The standard InChI is InChI=1S/C18H22ClN3O2/c1-12(2)11-16(23)22-10-4-3-5-15(22)18-20-17(21-24-18)13-6-8-14(19)9-7-13/h6-9,12,15H,3-5,10-11H2,1-2H3. The van der Waals surface area contributed by atoms with E-state index in [1.54, 1.807) is 12.1 Å². The number of aromatic nitrogens is 2. The van der Waals surface area contributed by atoms with Crippen LogP contribution in [0.2, 0.25) is 5.02 Å². The molecule has 0 aliphatic carbocycles. The minimum absolute atomic E-state index is 0.112. The first-order chi connectivity index (χ1) is 11.5. The van der Waals surface area contributed by atoms with E-state index >= 15 is 0 Å². The van der Waals surface area contributed by atoms with Gasteiger partial charge < -0.3 is 9.42 Å². The fourth-order valence-corrected chi connectivity index (χ4v) is 3.17. The van der Waals surface area contributed by atoms with Gasteiger partial charge >= 0.3 is 0 Å². The Morgan fingerprint density at radius 1 is 1.33 bits per heavy atom. The molecule has 1 saturated heterocycles. The van der Waals surface area contributed by atoms with E-state index in [4.69, 9.17) is 16.1 Å². The topological polar surface area (TPSA) is 59.2 Å². The van der Waals surface area contributed by atoms with Gasteiger partial charge in [-0.05, 0) is 49.4 Å². The van der Waals surface area contributed by atoms with E-state index in [1.807, 2.05) is 17.0 Å². The van der Waals surface area contributed by atoms with Crippen LogP contribution < -0.4 is 0 Å². The van der Waals surface area contributed by atoms with Crippen molar-refractivity contribution < 1.29 is 9.32 Å². The Hall–Kier alpha value is -1.88. The Bertz CT molecular complexity index is 697. The predicted molar refractivity (Wildman–Crippen MR) is 92.5 cm³/mol. The monoisotopic (exact) mass is 347 g/mol. The first-order valence-corrected chi connectivity index (χ1v) is 8.81. The molecule has 0 N–H and O–H groups in total. The van der Waals surface area contributed by atoms with Gasteiger partial charge in [0, 0.05) is 23.6 Å². The lowest BCUT2D eigenvalue weighted by molar-refractivity contribution is -0.136. The number of carbonyl (C=O) groups is 1. The van der Waals surface area contributed by atoms with E-state index in [1.165, 1.54) is 0 Å². The van der Waals surface area contributed by atoms with E-state index in [9.17, 15) is 4.79 Å². The van der Waals surface area contributed by atoms with Gasteiger partial charge in [0.15, 0.2) is 0 Å². The second-order valence-electron chi connectivity index (χ2n) is 6.66. The smallest absolute Gasteiger partial charge is 0.249 e. The molecule has 128 valence electrons. The molecule has 0 saturated carbocycles. The molecule has 1 aliphatic rings. The third kappa shape index (κ3) is 3.78. The predicted octanol–water partition coefficient (Wildman–Crippen LogP) is 4.49. The highest BCUT2D eigenvalue weighted by atomic mass is 35.5. The molecule has 3 rings (SSSR count). The van der Waals surface area contributed by atoms with Crippen LogP contribution in [0.15, 0.2) is 28.8 Å². The van der Waals surface area contributed by atoms with Gasteiger partial charge in [0.05, 0.1) is 0 Å². The Kier molecular flexibility index (Phi) is 5.19. The Balaban J connectivity index is 1.81. The summed E-state index contributed by atoms with van der Waals surface area (Å²) >= 11 is 5.91. The molecule has 1 fully saturated rings. The summed E-state index contributed by atoms with van der Waals surface area (Å²) in [6.07, 6.45) is 3.51. The number of nitrogens with zero attached hydrogens (tertiary/aromatic N) is 3. The Morgan fingerprint density at radius 3 is 2.79 bits per heavy atom. The molecule has 1 aliphatic heterocycles. The molecule has 1 aromatic heterocycles. The van der Waals surface area contributed by atoms with Crippen molar-refractivity contribution in [3.8, 4) is 11.4 Å². The van der Waals surface area contributed by atoms with Gasteiger partial charge in [-0.15, -0.1) is 0 Å². The number of piperidine rings is 1. The van der Waals surface area contributed by atoms with Crippen molar-refractivity contribution in [2.24, 2.45) is 5.92 Å². The summed E-state index contributed by atoms with van der Waals surface area (Å²) in [4.78, 5) is 19.0. The van der Waals surface area contributed by atoms with Crippen LogP contribution in [-0.2, 0) is 4.79 Å². The third-order valence-corrected chi connectivity index (χ3v) is 4.49. The fraction of sp³-hybridized carbons (Fsp3) is 0.500. The first-order valence-electron chi connectivity index (χ1n) is 8.43. The van der Waals surface area contributed by atoms with Crippen LogP contribution in [0.25, 0.3) is 11.4 Å². The zero-order chi connectivity index (χ0) is 17.1. The molecule has 6 heteroatoms. The van der Waals surface area contributed by atoms with Gasteiger partial charge in [0.2, 0.25) is 17.6 Å². The summed E-state index contributed by atoms with van der Waals surface area (Å²) < 4.78 is 5.49. The second kappa shape index (κ2) is 7.34. The van der Waals surface area contributed by atoms with Gasteiger partial charge in [-0.3, -0.25) is 4.79 Å². The van der Waals surface area contributed by atoms with Crippen molar-refractivity contribution in [1.82, 2.24) is 15.0 Å². The fourth-order valence-electron chi connectivity index (χ4n) is 3.04. The first kappa shape index (κ1) is 17.0. The minimum atomic E-state index is -0.112. The van der Waals surface area contributed by atoms with Gasteiger partial charge in [-0.25, -0.2) is 0 Å². The molecule has 1 aromatic carbocycles. The van der Waals surface area contributed by atoms with Crippen LogP contribution in [0.3, 0.4) is 0 Å². The number of likely N-dealkylation sites (tertiary alicyclic amines) is 1. The van der Waals surface area contributed by atoms with Crippen molar-refractivity contribution in [3.63, 3.8) is 0 Å². The van der Waals surface area contributed by atoms with Gasteiger partial charge in [-0.1, -0.05) is 30.6 Å². The SMILES string of the molecule is CC(C)CC(=O)N1CCCCC1c1nc(-c2ccc(Cl)cc2)no1. The van der Waals surface area contributed by atoms with Gasteiger partial charge in [0.25, 0.3) is 0 Å². The van der Waals surface area contributed by atoms with E-state index < -0.39 is 0 Å². The molecular weight excluding hydrogens is 326 g/mol. The maximum absolute atomic E-state index is 12.5. The number of benzene rings is 1. The van der Waals surface area contributed by atoms with Crippen LogP contribution in [0.4, 0.5) is 0 Å². The molecule has 0 spiro atoms. The van der Waals surface area contributed by atoms with Gasteiger partial charge in [0.1, 0.15) is 6.04 Å². The van der Waals surface area contributed by atoms with E-state index in [0.29, 0.717) is 29.1 Å². The Labute approximate surface area is 147 Å². The van der Waals surface area contributed by atoms with E-state index in [0.717, 1.165) is 31.4 Å². The van der Waals surface area contributed by atoms with Crippen LogP contribution in [0, 0.1) is 5.92 Å². The average molecular weight is 348 g/mol. The summed E-state index contributed by atoms with van der Waals surface area (Å²) in [5.41, 5.74) is 0.852. The number of carbonyl (C=O) groups excluding carboxylic acids is 1. The molecule has 2 aromatic rings. The Morgan fingerprint density at radius 2 is 2.08 bits per heavy atom. The third-order valence-electron chi connectivity index (χ3n) is 4.24. The van der Waals surface area contributed by atoms with Crippen molar-refractivity contribution in [2.75, 3.05) is 6.54 Å². The van der Waals surface area contributed by atoms with E-state index in [2.05, 4.69) is 24.0 Å². The van der Waals surface area contributed by atoms with Crippen LogP contribution in [0.5, 0.6) is 0 Å². The van der Waals surface area contributed by atoms with Crippen molar-refractivity contribution in [2.45, 2.75) is 45.6 Å². The highest BCUT2D eigenvalue weighted by Gasteiger charge is 2.32. The second-order valence-corrected chi connectivity index (χ2v) is 7.10. The minimum Gasteiger partial charge on any atom is -0.337 e. The van der Waals surface area contributed by atoms with E-state index in [-0.39, 0.29) is 11.9 Å². The summed E-state index contributed by atoms with van der Waals surface area (Å²) in [5.74, 6) is 1.56. The lowest BCUT2D eigenvalue weighted by atomic mass is 10.00. The maximum atomic E-state index is 12.5.